The lowest BCUT2D eigenvalue weighted by molar-refractivity contribution is 0.0664. The van der Waals surface area contributed by atoms with E-state index in [2.05, 4.69) is 27.2 Å². The van der Waals surface area contributed by atoms with Gasteiger partial charge in [-0.05, 0) is 18.2 Å². The first kappa shape index (κ1) is 13.2. The normalized spacial score (nSPS) is 10.9. The summed E-state index contributed by atoms with van der Waals surface area (Å²) >= 11 is 3.07. The maximum Gasteiger partial charge on any atom is 0.342 e. The molecule has 1 aromatic carbocycles. The highest BCUT2D eigenvalue weighted by molar-refractivity contribution is 9.10. The van der Waals surface area contributed by atoms with E-state index in [1.807, 2.05) is 0 Å². The lowest BCUT2D eigenvalue weighted by Crippen LogP contribution is -2.02. The van der Waals surface area contributed by atoms with Crippen LogP contribution in [-0.4, -0.2) is 14.4 Å². The summed E-state index contributed by atoms with van der Waals surface area (Å²) in [7, 11) is 1.28. The van der Waals surface area contributed by atoms with Crippen LogP contribution < -0.4 is 0 Å². The number of hydrogen-bond acceptors (Lipinski definition) is 4. The molecule has 0 aromatic heterocycles. The monoisotopic (exact) mass is 324 g/mol. The van der Waals surface area contributed by atoms with Crippen molar-refractivity contribution in [3.05, 3.63) is 41.1 Å². The molecule has 0 aliphatic rings. The SMILES string of the molecule is C=COC(=O)c1cc(Br)cc(S(=O)(=O)Cl)c1. The minimum Gasteiger partial charge on any atom is -0.432 e. The molecular formula is C9H6BrClO4S. The van der Waals surface area contributed by atoms with Gasteiger partial charge in [-0.3, -0.25) is 0 Å². The second-order valence-electron chi connectivity index (χ2n) is 2.69. The Balaban J connectivity index is 3.29. The zero-order valence-corrected chi connectivity index (χ0v) is 11.0. The van der Waals surface area contributed by atoms with Crippen LogP contribution in [0.4, 0.5) is 0 Å². The standard InChI is InChI=1S/C9H6BrClO4S/c1-2-15-9(12)6-3-7(10)5-8(4-6)16(11,13)14/h2-5H,1H2. The summed E-state index contributed by atoms with van der Waals surface area (Å²) in [6.07, 6.45) is 0.956. The second kappa shape index (κ2) is 4.99. The van der Waals surface area contributed by atoms with E-state index in [1.165, 1.54) is 12.1 Å². The van der Waals surface area contributed by atoms with Gasteiger partial charge in [0.25, 0.3) is 9.05 Å². The Bertz CT molecular complexity index is 538. The molecule has 4 nitrogen and oxygen atoms in total. The van der Waals surface area contributed by atoms with Crippen molar-refractivity contribution in [3.8, 4) is 0 Å². The molecule has 0 radical (unpaired) electrons. The maximum absolute atomic E-state index is 11.3. The largest absolute Gasteiger partial charge is 0.432 e. The summed E-state index contributed by atoms with van der Waals surface area (Å²) < 4.78 is 27.1. The second-order valence-corrected chi connectivity index (χ2v) is 6.17. The molecule has 1 aromatic rings. The third-order valence-corrected chi connectivity index (χ3v) is 3.37. The molecule has 16 heavy (non-hydrogen) atoms. The van der Waals surface area contributed by atoms with E-state index in [0.29, 0.717) is 4.47 Å². The van der Waals surface area contributed by atoms with Gasteiger partial charge in [0.2, 0.25) is 0 Å². The van der Waals surface area contributed by atoms with Crippen molar-refractivity contribution in [2.45, 2.75) is 4.90 Å². The van der Waals surface area contributed by atoms with Crippen molar-refractivity contribution in [1.29, 1.82) is 0 Å². The highest BCUT2D eigenvalue weighted by Crippen LogP contribution is 2.22. The highest BCUT2D eigenvalue weighted by Gasteiger charge is 2.15. The Morgan fingerprint density at radius 2 is 2.06 bits per heavy atom. The van der Waals surface area contributed by atoms with Gasteiger partial charge in [0, 0.05) is 15.2 Å². The van der Waals surface area contributed by atoms with E-state index in [4.69, 9.17) is 10.7 Å². The molecule has 86 valence electrons. The molecule has 0 N–H and O–H groups in total. The Morgan fingerprint density at radius 3 is 2.56 bits per heavy atom. The summed E-state index contributed by atoms with van der Waals surface area (Å²) in [6.45, 7) is 3.22. The fraction of sp³-hybridized carbons (Fsp3) is 0. The van der Waals surface area contributed by atoms with E-state index in [1.54, 1.807) is 0 Å². The minimum atomic E-state index is -3.89. The number of hydrogen-bond donors (Lipinski definition) is 0. The number of esters is 1. The molecule has 0 bridgehead atoms. The van der Waals surface area contributed by atoms with Crippen molar-refractivity contribution in [2.24, 2.45) is 0 Å². The van der Waals surface area contributed by atoms with E-state index in [0.717, 1.165) is 12.3 Å². The van der Waals surface area contributed by atoms with Crippen molar-refractivity contribution >= 4 is 41.6 Å². The molecule has 0 heterocycles. The molecule has 0 amide bonds. The molecule has 7 heteroatoms. The van der Waals surface area contributed by atoms with Gasteiger partial charge in [-0.1, -0.05) is 22.5 Å². The van der Waals surface area contributed by atoms with Crippen LogP contribution in [0, 0.1) is 0 Å². The van der Waals surface area contributed by atoms with E-state index in [9.17, 15) is 13.2 Å². The van der Waals surface area contributed by atoms with E-state index >= 15 is 0 Å². The first-order valence-electron chi connectivity index (χ1n) is 3.91. The van der Waals surface area contributed by atoms with Crippen LogP contribution in [0.1, 0.15) is 10.4 Å². The number of halogens is 2. The highest BCUT2D eigenvalue weighted by atomic mass is 79.9. The molecule has 0 aliphatic carbocycles. The zero-order valence-electron chi connectivity index (χ0n) is 7.81. The van der Waals surface area contributed by atoms with Crippen LogP contribution in [0.25, 0.3) is 0 Å². The summed E-state index contributed by atoms with van der Waals surface area (Å²) in [5.41, 5.74) is 0.0634. The first-order valence-corrected chi connectivity index (χ1v) is 7.02. The van der Waals surface area contributed by atoms with Crippen LogP contribution in [0.5, 0.6) is 0 Å². The van der Waals surface area contributed by atoms with Crippen LogP contribution >= 0.6 is 26.6 Å². The summed E-state index contributed by atoms with van der Waals surface area (Å²) in [5, 5.41) is 0. The summed E-state index contributed by atoms with van der Waals surface area (Å²) in [5.74, 6) is -0.710. The van der Waals surface area contributed by atoms with Crippen LogP contribution in [0.15, 0.2) is 40.4 Å². The quantitative estimate of drug-likeness (QED) is 0.487. The molecule has 0 unspecified atom stereocenters. The van der Waals surface area contributed by atoms with Crippen molar-refractivity contribution in [1.82, 2.24) is 0 Å². The van der Waals surface area contributed by atoms with Gasteiger partial charge in [-0.2, -0.15) is 0 Å². The smallest absolute Gasteiger partial charge is 0.342 e. The molecule has 0 saturated carbocycles. The van der Waals surface area contributed by atoms with E-state index < -0.39 is 15.0 Å². The van der Waals surface area contributed by atoms with Gasteiger partial charge in [-0.15, -0.1) is 0 Å². The number of benzene rings is 1. The average Bonchev–Trinajstić information content (AvgIpc) is 2.16. The number of rotatable bonds is 3. The third-order valence-electron chi connectivity index (χ3n) is 1.58. The molecule has 0 atom stereocenters. The van der Waals surface area contributed by atoms with Gasteiger partial charge in [0.05, 0.1) is 16.7 Å². The van der Waals surface area contributed by atoms with Crippen LogP contribution in [-0.2, 0) is 13.8 Å². The van der Waals surface area contributed by atoms with Crippen molar-refractivity contribution in [2.75, 3.05) is 0 Å². The summed E-state index contributed by atoms with van der Waals surface area (Å²) in [4.78, 5) is 11.1. The van der Waals surface area contributed by atoms with Gasteiger partial charge in [0.15, 0.2) is 0 Å². The van der Waals surface area contributed by atoms with Crippen LogP contribution in [0.2, 0.25) is 0 Å². The molecule has 0 fully saturated rings. The first-order chi connectivity index (χ1) is 7.34. The molecule has 0 aliphatic heterocycles. The minimum absolute atomic E-state index is 0.0634. The predicted octanol–water partition coefficient (Wildman–Crippen LogP) is 2.68. The van der Waals surface area contributed by atoms with Crippen molar-refractivity contribution < 1.29 is 17.9 Å². The van der Waals surface area contributed by atoms with Crippen molar-refractivity contribution in [3.63, 3.8) is 0 Å². The lowest BCUT2D eigenvalue weighted by Gasteiger charge is -2.02. The molecule has 0 saturated heterocycles. The Morgan fingerprint density at radius 1 is 1.44 bits per heavy atom. The Labute approximate surface area is 105 Å². The van der Waals surface area contributed by atoms with Gasteiger partial charge >= 0.3 is 5.97 Å². The van der Waals surface area contributed by atoms with Gasteiger partial charge < -0.3 is 4.74 Å². The molecular weight excluding hydrogens is 320 g/mol. The maximum atomic E-state index is 11.3. The lowest BCUT2D eigenvalue weighted by atomic mass is 10.2. The van der Waals surface area contributed by atoms with Gasteiger partial charge in [0.1, 0.15) is 0 Å². The number of ether oxygens (including phenoxy) is 1. The topological polar surface area (TPSA) is 60.4 Å². The number of carbonyl (C=O) groups is 1. The Hall–Kier alpha value is -0.850. The third kappa shape index (κ3) is 3.33. The van der Waals surface area contributed by atoms with Crippen LogP contribution in [0.3, 0.4) is 0 Å². The fourth-order valence-corrected chi connectivity index (χ4v) is 2.41. The van der Waals surface area contributed by atoms with E-state index in [-0.39, 0.29) is 10.5 Å². The fourth-order valence-electron chi connectivity index (χ4n) is 0.965. The summed E-state index contributed by atoms with van der Waals surface area (Å²) in [6, 6.07) is 3.82. The number of carbonyl (C=O) groups excluding carboxylic acids is 1. The molecule has 0 spiro atoms. The predicted molar refractivity (Wildman–Crippen MR) is 62.8 cm³/mol. The molecule has 1 rings (SSSR count). The Kier molecular flexibility index (Phi) is 4.12. The zero-order chi connectivity index (χ0) is 12.3. The van der Waals surface area contributed by atoms with Gasteiger partial charge in [-0.25, -0.2) is 13.2 Å². The average molecular weight is 326 g/mol.